The third-order valence-electron chi connectivity index (χ3n) is 2.22. The van der Waals surface area contributed by atoms with E-state index in [1.165, 1.54) is 19.2 Å². The summed E-state index contributed by atoms with van der Waals surface area (Å²) in [7, 11) is 1.36. The van der Waals surface area contributed by atoms with Gasteiger partial charge in [0.1, 0.15) is 0 Å². The second-order valence-corrected chi connectivity index (χ2v) is 3.28. The van der Waals surface area contributed by atoms with Crippen LogP contribution in [0.5, 0.6) is 5.75 Å². The van der Waals surface area contributed by atoms with E-state index in [1.807, 2.05) is 0 Å². The fourth-order valence-corrected chi connectivity index (χ4v) is 1.38. The molecule has 0 aliphatic carbocycles. The van der Waals surface area contributed by atoms with E-state index in [9.17, 15) is 15.2 Å². The van der Waals surface area contributed by atoms with Gasteiger partial charge in [0.25, 0.3) is 0 Å². The van der Waals surface area contributed by atoms with E-state index in [0.717, 1.165) is 0 Å². The number of benzene rings is 1. The van der Waals surface area contributed by atoms with Gasteiger partial charge in [-0.15, -0.1) is 0 Å². The van der Waals surface area contributed by atoms with Crippen LogP contribution in [-0.4, -0.2) is 23.7 Å². The summed E-state index contributed by atoms with van der Waals surface area (Å²) in [6.07, 6.45) is -0.418. The molecule has 1 aromatic carbocycles. The van der Waals surface area contributed by atoms with Crippen molar-refractivity contribution in [3.8, 4) is 5.75 Å². The van der Waals surface area contributed by atoms with Crippen LogP contribution in [0.25, 0.3) is 0 Å². The van der Waals surface area contributed by atoms with Crippen LogP contribution in [0.1, 0.15) is 18.1 Å². The number of nitrogens with two attached hydrogens (primary N) is 1. The highest BCUT2D eigenvalue weighted by Crippen LogP contribution is 2.30. The summed E-state index contributed by atoms with van der Waals surface area (Å²) in [5.41, 5.74) is 5.62. The number of methoxy groups -OCH3 is 1. The molecule has 0 heterocycles. The van der Waals surface area contributed by atoms with Crippen LogP contribution in [0, 0.1) is 10.1 Å². The lowest BCUT2D eigenvalue weighted by Crippen LogP contribution is -2.07. The van der Waals surface area contributed by atoms with Gasteiger partial charge in [-0.3, -0.25) is 10.1 Å². The predicted octanol–water partition coefficient (Wildman–Crippen LogP) is 0.986. The average molecular weight is 226 g/mol. The Hall–Kier alpha value is -1.66. The first kappa shape index (κ1) is 12.4. The van der Waals surface area contributed by atoms with Gasteiger partial charge in [0.15, 0.2) is 5.75 Å². The number of ether oxygens (including phenoxy) is 1. The van der Waals surface area contributed by atoms with Crippen molar-refractivity contribution < 1.29 is 14.8 Å². The predicted molar refractivity (Wildman–Crippen MR) is 58.3 cm³/mol. The maximum atomic E-state index is 10.7. The highest BCUT2D eigenvalue weighted by molar-refractivity contribution is 5.49. The average Bonchev–Trinajstić information content (AvgIpc) is 2.28. The van der Waals surface area contributed by atoms with E-state index in [2.05, 4.69) is 0 Å². The van der Waals surface area contributed by atoms with E-state index in [4.69, 9.17) is 10.5 Å². The van der Waals surface area contributed by atoms with Crippen molar-refractivity contribution >= 4 is 5.69 Å². The normalized spacial score (nSPS) is 12.2. The molecule has 6 nitrogen and oxygen atoms in total. The summed E-state index contributed by atoms with van der Waals surface area (Å²) in [5, 5.41) is 20.4. The van der Waals surface area contributed by atoms with Gasteiger partial charge in [-0.25, -0.2) is 0 Å². The SMILES string of the molecule is COc1ccc([C@H](O)CCN)cc1[N+](=O)[O-]. The zero-order valence-corrected chi connectivity index (χ0v) is 8.92. The van der Waals surface area contributed by atoms with Crippen LogP contribution in [0.3, 0.4) is 0 Å². The monoisotopic (exact) mass is 226 g/mol. The third-order valence-corrected chi connectivity index (χ3v) is 2.22. The first-order chi connectivity index (χ1) is 7.60. The molecule has 16 heavy (non-hydrogen) atoms. The molecule has 1 rings (SSSR count). The maximum absolute atomic E-state index is 10.7. The molecule has 0 saturated heterocycles. The van der Waals surface area contributed by atoms with Gasteiger partial charge in [0.05, 0.1) is 18.1 Å². The van der Waals surface area contributed by atoms with Gasteiger partial charge in [-0.1, -0.05) is 6.07 Å². The fourth-order valence-electron chi connectivity index (χ4n) is 1.38. The molecule has 0 unspecified atom stereocenters. The van der Waals surface area contributed by atoms with E-state index in [-0.39, 0.29) is 11.4 Å². The molecule has 0 aliphatic heterocycles. The minimum absolute atomic E-state index is 0.156. The number of hydrogen-bond donors (Lipinski definition) is 2. The quantitative estimate of drug-likeness (QED) is 0.576. The molecule has 88 valence electrons. The molecule has 1 aromatic rings. The number of nitro benzene ring substituents is 1. The molecule has 1 atom stereocenters. The van der Waals surface area contributed by atoms with Crippen molar-refractivity contribution in [1.29, 1.82) is 0 Å². The third kappa shape index (κ3) is 2.68. The van der Waals surface area contributed by atoms with Crippen LogP contribution in [0.2, 0.25) is 0 Å². The Morgan fingerprint density at radius 2 is 2.31 bits per heavy atom. The van der Waals surface area contributed by atoms with Crippen LogP contribution >= 0.6 is 0 Å². The van der Waals surface area contributed by atoms with Crippen molar-refractivity contribution in [2.45, 2.75) is 12.5 Å². The number of aliphatic hydroxyl groups excluding tert-OH is 1. The molecule has 6 heteroatoms. The highest BCUT2D eigenvalue weighted by Gasteiger charge is 2.17. The minimum atomic E-state index is -0.783. The Balaban J connectivity index is 3.06. The Kier molecular flexibility index (Phi) is 4.21. The molecule has 0 radical (unpaired) electrons. The van der Waals surface area contributed by atoms with Crippen LogP contribution in [0.4, 0.5) is 5.69 Å². The highest BCUT2D eigenvalue weighted by atomic mass is 16.6. The van der Waals surface area contributed by atoms with Gasteiger partial charge in [0, 0.05) is 6.07 Å². The first-order valence-electron chi connectivity index (χ1n) is 4.80. The van der Waals surface area contributed by atoms with Crippen LogP contribution < -0.4 is 10.5 Å². The van der Waals surface area contributed by atoms with E-state index < -0.39 is 11.0 Å². The smallest absolute Gasteiger partial charge is 0.311 e. The van der Waals surface area contributed by atoms with E-state index in [0.29, 0.717) is 18.5 Å². The zero-order chi connectivity index (χ0) is 12.1. The van der Waals surface area contributed by atoms with Crippen molar-refractivity contribution in [3.05, 3.63) is 33.9 Å². The topological polar surface area (TPSA) is 98.6 Å². The molecule has 3 N–H and O–H groups in total. The Morgan fingerprint density at radius 3 is 2.81 bits per heavy atom. The molecule has 0 saturated carbocycles. The van der Waals surface area contributed by atoms with Crippen molar-refractivity contribution in [3.63, 3.8) is 0 Å². The Morgan fingerprint density at radius 1 is 1.62 bits per heavy atom. The molecular weight excluding hydrogens is 212 g/mol. The van der Waals surface area contributed by atoms with Gasteiger partial charge in [0.2, 0.25) is 0 Å². The minimum Gasteiger partial charge on any atom is -0.490 e. The summed E-state index contributed by atoms with van der Waals surface area (Å²) in [4.78, 5) is 10.2. The van der Waals surface area contributed by atoms with Crippen LogP contribution in [0.15, 0.2) is 18.2 Å². The maximum Gasteiger partial charge on any atom is 0.311 e. The molecule has 0 bridgehead atoms. The number of nitrogens with zero attached hydrogens (tertiary/aromatic N) is 1. The van der Waals surface area contributed by atoms with Gasteiger partial charge < -0.3 is 15.6 Å². The molecule has 0 fully saturated rings. The van der Waals surface area contributed by atoms with Crippen LogP contribution in [-0.2, 0) is 0 Å². The number of hydrogen-bond acceptors (Lipinski definition) is 5. The second-order valence-electron chi connectivity index (χ2n) is 3.28. The molecule has 0 aromatic heterocycles. The van der Waals surface area contributed by atoms with Gasteiger partial charge in [-0.05, 0) is 24.6 Å². The Labute approximate surface area is 92.8 Å². The fraction of sp³-hybridized carbons (Fsp3) is 0.400. The lowest BCUT2D eigenvalue weighted by Gasteiger charge is -2.10. The summed E-state index contributed by atoms with van der Waals surface area (Å²) in [5.74, 6) is 0.175. The summed E-state index contributed by atoms with van der Waals surface area (Å²) in [6, 6.07) is 4.36. The summed E-state index contributed by atoms with van der Waals surface area (Å²) >= 11 is 0. The molecule has 0 spiro atoms. The Bertz CT molecular complexity index is 381. The lowest BCUT2D eigenvalue weighted by atomic mass is 10.1. The van der Waals surface area contributed by atoms with Crippen molar-refractivity contribution in [2.75, 3.05) is 13.7 Å². The van der Waals surface area contributed by atoms with E-state index in [1.54, 1.807) is 6.07 Å². The van der Waals surface area contributed by atoms with Crippen molar-refractivity contribution in [1.82, 2.24) is 0 Å². The van der Waals surface area contributed by atoms with Crippen molar-refractivity contribution in [2.24, 2.45) is 5.73 Å². The number of rotatable bonds is 5. The molecule has 0 amide bonds. The standard InChI is InChI=1S/C10H14N2O4/c1-16-10-3-2-7(9(13)4-5-11)6-8(10)12(14)15/h2-3,6,9,13H,4-5,11H2,1H3/t9-/m1/s1. The van der Waals surface area contributed by atoms with Gasteiger partial charge >= 0.3 is 5.69 Å². The first-order valence-corrected chi connectivity index (χ1v) is 4.80. The largest absolute Gasteiger partial charge is 0.490 e. The summed E-state index contributed by atoms with van der Waals surface area (Å²) < 4.78 is 4.85. The molecular formula is C10H14N2O4. The second kappa shape index (κ2) is 5.43. The molecule has 0 aliphatic rings. The number of nitro groups is 1. The van der Waals surface area contributed by atoms with Gasteiger partial charge in [-0.2, -0.15) is 0 Å². The zero-order valence-electron chi connectivity index (χ0n) is 8.92. The summed E-state index contributed by atoms with van der Waals surface area (Å²) in [6.45, 7) is 0.320. The number of aliphatic hydroxyl groups is 1. The lowest BCUT2D eigenvalue weighted by molar-refractivity contribution is -0.385. The van der Waals surface area contributed by atoms with E-state index >= 15 is 0 Å².